The molecule has 1 saturated carbocycles. The lowest BCUT2D eigenvalue weighted by Crippen LogP contribution is -2.41. The zero-order chi connectivity index (χ0) is 11.8. The quantitative estimate of drug-likeness (QED) is 0.740. The van der Waals surface area contributed by atoms with Gasteiger partial charge in [-0.2, -0.15) is 11.8 Å². The van der Waals surface area contributed by atoms with E-state index in [2.05, 4.69) is 30.4 Å². The molecule has 3 heteroatoms. The van der Waals surface area contributed by atoms with Gasteiger partial charge in [0.05, 0.1) is 0 Å². The molecule has 96 valence electrons. The van der Waals surface area contributed by atoms with E-state index in [0.717, 1.165) is 18.5 Å². The molecule has 2 unspecified atom stereocenters. The Hall–Kier alpha value is 0.270. The van der Waals surface area contributed by atoms with Crippen LogP contribution in [0.3, 0.4) is 0 Å². The molecule has 1 fully saturated rings. The molecule has 2 nitrogen and oxygen atoms in total. The fourth-order valence-corrected chi connectivity index (χ4v) is 2.91. The van der Waals surface area contributed by atoms with Gasteiger partial charge in [0.2, 0.25) is 0 Å². The first kappa shape index (κ1) is 14.3. The SMILES string of the molecule is CSCCN(C)CCNC1CCCCC1C. The second-order valence-corrected chi connectivity index (χ2v) is 6.10. The van der Waals surface area contributed by atoms with Gasteiger partial charge in [-0.3, -0.25) is 0 Å². The van der Waals surface area contributed by atoms with Gasteiger partial charge < -0.3 is 10.2 Å². The second-order valence-electron chi connectivity index (χ2n) is 5.12. The highest BCUT2D eigenvalue weighted by molar-refractivity contribution is 7.98. The molecular formula is C13H28N2S. The first-order chi connectivity index (χ1) is 7.74. The van der Waals surface area contributed by atoms with Crippen molar-refractivity contribution in [1.82, 2.24) is 10.2 Å². The zero-order valence-corrected chi connectivity index (χ0v) is 12.0. The van der Waals surface area contributed by atoms with Crippen LogP contribution in [-0.4, -0.2) is 49.6 Å². The molecule has 0 aromatic carbocycles. The van der Waals surface area contributed by atoms with Crippen molar-refractivity contribution in [2.45, 2.75) is 38.6 Å². The van der Waals surface area contributed by atoms with Crippen molar-refractivity contribution < 1.29 is 0 Å². The molecule has 0 aromatic rings. The van der Waals surface area contributed by atoms with E-state index in [1.807, 2.05) is 11.8 Å². The molecule has 1 aliphatic rings. The van der Waals surface area contributed by atoms with Crippen molar-refractivity contribution in [3.8, 4) is 0 Å². The summed E-state index contributed by atoms with van der Waals surface area (Å²) in [6.45, 7) is 5.95. The fourth-order valence-electron chi connectivity index (χ4n) is 2.42. The van der Waals surface area contributed by atoms with Gasteiger partial charge in [0.1, 0.15) is 0 Å². The van der Waals surface area contributed by atoms with Gasteiger partial charge in [0.25, 0.3) is 0 Å². The molecule has 2 atom stereocenters. The number of hydrogen-bond donors (Lipinski definition) is 1. The van der Waals surface area contributed by atoms with Gasteiger partial charge in [-0.15, -0.1) is 0 Å². The molecule has 0 heterocycles. The molecule has 1 rings (SSSR count). The summed E-state index contributed by atoms with van der Waals surface area (Å²) >= 11 is 1.93. The third kappa shape index (κ3) is 5.55. The maximum Gasteiger partial charge on any atom is 0.0104 e. The Balaban J connectivity index is 2.05. The average Bonchev–Trinajstić information content (AvgIpc) is 2.29. The van der Waals surface area contributed by atoms with E-state index in [9.17, 15) is 0 Å². The number of rotatable bonds is 7. The van der Waals surface area contributed by atoms with Crippen LogP contribution in [0.1, 0.15) is 32.6 Å². The highest BCUT2D eigenvalue weighted by Crippen LogP contribution is 2.23. The van der Waals surface area contributed by atoms with Crippen LogP contribution in [0.15, 0.2) is 0 Å². The predicted octanol–water partition coefficient (Wildman–Crippen LogP) is 2.45. The summed E-state index contributed by atoms with van der Waals surface area (Å²) < 4.78 is 0. The average molecular weight is 244 g/mol. The number of likely N-dealkylation sites (N-methyl/N-ethyl adjacent to an activating group) is 1. The molecule has 1 aliphatic carbocycles. The van der Waals surface area contributed by atoms with Crippen molar-refractivity contribution in [3.63, 3.8) is 0 Å². The molecule has 0 aromatic heterocycles. The summed E-state index contributed by atoms with van der Waals surface area (Å²) in [7, 11) is 2.22. The van der Waals surface area contributed by atoms with Gasteiger partial charge >= 0.3 is 0 Å². The van der Waals surface area contributed by atoms with Gasteiger partial charge in [-0.25, -0.2) is 0 Å². The summed E-state index contributed by atoms with van der Waals surface area (Å²) in [4.78, 5) is 2.43. The monoisotopic (exact) mass is 244 g/mol. The second kappa shape index (κ2) is 8.37. The fraction of sp³-hybridized carbons (Fsp3) is 1.00. The minimum Gasteiger partial charge on any atom is -0.312 e. The van der Waals surface area contributed by atoms with E-state index >= 15 is 0 Å². The summed E-state index contributed by atoms with van der Waals surface area (Å²) in [6.07, 6.45) is 7.84. The predicted molar refractivity (Wildman–Crippen MR) is 75.3 cm³/mol. The Kier molecular flexibility index (Phi) is 7.50. The Bertz CT molecular complexity index is 175. The molecule has 0 amide bonds. The molecule has 0 saturated heterocycles. The van der Waals surface area contributed by atoms with Crippen LogP contribution >= 0.6 is 11.8 Å². The van der Waals surface area contributed by atoms with E-state index in [4.69, 9.17) is 0 Å². The molecule has 1 N–H and O–H groups in total. The van der Waals surface area contributed by atoms with Gasteiger partial charge in [-0.05, 0) is 32.1 Å². The van der Waals surface area contributed by atoms with Crippen LogP contribution in [0, 0.1) is 5.92 Å². The Labute approximate surface area is 106 Å². The number of nitrogens with one attached hydrogen (secondary N) is 1. The summed E-state index contributed by atoms with van der Waals surface area (Å²) in [6, 6.07) is 0.780. The third-order valence-electron chi connectivity index (χ3n) is 3.69. The molecule has 0 radical (unpaired) electrons. The summed E-state index contributed by atoms with van der Waals surface area (Å²) in [5, 5.41) is 3.73. The van der Waals surface area contributed by atoms with Crippen LogP contribution in [-0.2, 0) is 0 Å². The van der Waals surface area contributed by atoms with Crippen LogP contribution in [0.25, 0.3) is 0 Å². The minimum atomic E-state index is 0.780. The minimum absolute atomic E-state index is 0.780. The standard InChI is InChI=1S/C13H28N2S/c1-12-6-4-5-7-13(12)14-8-9-15(2)10-11-16-3/h12-14H,4-11H2,1-3H3. The van der Waals surface area contributed by atoms with Crippen molar-refractivity contribution in [2.24, 2.45) is 5.92 Å². The van der Waals surface area contributed by atoms with E-state index in [1.54, 1.807) is 0 Å². The Morgan fingerprint density at radius 3 is 2.69 bits per heavy atom. The van der Waals surface area contributed by atoms with Crippen molar-refractivity contribution in [1.29, 1.82) is 0 Å². The molecule has 0 bridgehead atoms. The number of hydrogen-bond acceptors (Lipinski definition) is 3. The number of thioether (sulfide) groups is 1. The van der Waals surface area contributed by atoms with E-state index in [0.29, 0.717) is 0 Å². The maximum atomic E-state index is 3.73. The molecule has 16 heavy (non-hydrogen) atoms. The molecule has 0 aliphatic heterocycles. The van der Waals surface area contributed by atoms with Crippen LogP contribution in [0.4, 0.5) is 0 Å². The van der Waals surface area contributed by atoms with Gasteiger partial charge in [0, 0.05) is 31.4 Å². The van der Waals surface area contributed by atoms with Crippen molar-refractivity contribution in [3.05, 3.63) is 0 Å². The van der Waals surface area contributed by atoms with Gasteiger partial charge in [0.15, 0.2) is 0 Å². The van der Waals surface area contributed by atoms with E-state index < -0.39 is 0 Å². The van der Waals surface area contributed by atoms with Crippen LogP contribution in [0.5, 0.6) is 0 Å². The summed E-state index contributed by atoms with van der Waals surface area (Å²) in [5.41, 5.74) is 0. The number of nitrogens with zero attached hydrogens (tertiary/aromatic N) is 1. The van der Waals surface area contributed by atoms with Gasteiger partial charge in [-0.1, -0.05) is 19.8 Å². The lowest BCUT2D eigenvalue weighted by Gasteiger charge is -2.30. The lowest BCUT2D eigenvalue weighted by atomic mass is 9.86. The first-order valence-electron chi connectivity index (χ1n) is 6.65. The largest absolute Gasteiger partial charge is 0.312 e. The molecule has 0 spiro atoms. The Morgan fingerprint density at radius 1 is 1.25 bits per heavy atom. The highest BCUT2D eigenvalue weighted by Gasteiger charge is 2.20. The molecular weight excluding hydrogens is 216 g/mol. The van der Waals surface area contributed by atoms with E-state index in [1.165, 1.54) is 44.5 Å². The van der Waals surface area contributed by atoms with Crippen LogP contribution < -0.4 is 5.32 Å². The lowest BCUT2D eigenvalue weighted by molar-refractivity contribution is 0.264. The topological polar surface area (TPSA) is 15.3 Å². The Morgan fingerprint density at radius 2 is 2.00 bits per heavy atom. The van der Waals surface area contributed by atoms with Crippen molar-refractivity contribution >= 4 is 11.8 Å². The first-order valence-corrected chi connectivity index (χ1v) is 8.04. The third-order valence-corrected chi connectivity index (χ3v) is 4.28. The van der Waals surface area contributed by atoms with E-state index in [-0.39, 0.29) is 0 Å². The maximum absolute atomic E-state index is 3.73. The zero-order valence-electron chi connectivity index (χ0n) is 11.2. The summed E-state index contributed by atoms with van der Waals surface area (Å²) in [5.74, 6) is 2.13. The normalized spacial score (nSPS) is 26.2. The smallest absolute Gasteiger partial charge is 0.0104 e. The van der Waals surface area contributed by atoms with Crippen molar-refractivity contribution in [2.75, 3.05) is 38.7 Å². The highest BCUT2D eigenvalue weighted by atomic mass is 32.2. The van der Waals surface area contributed by atoms with Crippen LogP contribution in [0.2, 0.25) is 0 Å².